The number of aliphatic hydroxyl groups is 3. The molecule has 11 nitrogen and oxygen atoms in total. The van der Waals surface area contributed by atoms with Gasteiger partial charge in [-0.05, 0) is 25.5 Å². The zero-order valence-electron chi connectivity index (χ0n) is 17.4. The Morgan fingerprint density at radius 3 is 2.55 bits per heavy atom. The number of aliphatic hydroxyl groups excluding tert-OH is 1. The maximum absolute atomic E-state index is 12.9. The summed E-state index contributed by atoms with van der Waals surface area (Å²) in [6.07, 6.45) is -0.322. The van der Waals surface area contributed by atoms with Gasteiger partial charge in [0.05, 0.1) is 18.2 Å². The second-order valence-electron chi connectivity index (χ2n) is 8.23. The van der Waals surface area contributed by atoms with E-state index in [0.29, 0.717) is 12.8 Å². The standard InChI is InChI=1S/C20H28N6O5/c1-3-4-13-15(31-16(28)11-7-5-10(2)6-8-11)20(29,30)19-14(24-17(21)25-19)12(9-27)23-18(22)26(13)19/h5-8,12-15,27,29-30H,3-4,9H2,1-2H3,(H2,22,23)(H3,21,24,25)/t12-,13-,14-,15-,19-/m0/s1. The molecule has 4 rings (SSSR count). The van der Waals surface area contributed by atoms with Crippen LogP contribution in [0.25, 0.3) is 0 Å². The highest BCUT2D eigenvalue weighted by Crippen LogP contribution is 2.49. The van der Waals surface area contributed by atoms with Gasteiger partial charge in [-0.15, -0.1) is 0 Å². The SMILES string of the molecule is CCC[C@H]1[C@H](OC(=O)c2ccc(C)cc2)C(O)(O)[C@]23NC(N)=N[C@H]2[C@H](CO)N=C(N)N13. The quantitative estimate of drug-likeness (QED) is 0.235. The second-order valence-corrected chi connectivity index (χ2v) is 8.23. The van der Waals surface area contributed by atoms with Gasteiger partial charge < -0.3 is 41.7 Å². The summed E-state index contributed by atoms with van der Waals surface area (Å²) in [5, 5.41) is 35.6. The molecule has 11 heteroatoms. The van der Waals surface area contributed by atoms with Gasteiger partial charge in [-0.2, -0.15) is 0 Å². The first kappa shape index (κ1) is 21.3. The molecule has 5 atom stereocenters. The van der Waals surface area contributed by atoms with Crippen molar-refractivity contribution in [2.45, 2.75) is 62.4 Å². The molecule has 0 aromatic heterocycles. The maximum Gasteiger partial charge on any atom is 0.338 e. The Kier molecular flexibility index (Phi) is 5.07. The summed E-state index contributed by atoms with van der Waals surface area (Å²) < 4.78 is 5.68. The summed E-state index contributed by atoms with van der Waals surface area (Å²) in [5.74, 6) is -3.41. The highest BCUT2D eigenvalue weighted by Gasteiger charge is 2.77. The molecule has 1 saturated heterocycles. The molecule has 31 heavy (non-hydrogen) atoms. The first-order valence-corrected chi connectivity index (χ1v) is 10.2. The minimum Gasteiger partial charge on any atom is -0.451 e. The highest BCUT2D eigenvalue weighted by molar-refractivity contribution is 5.90. The first-order valence-electron chi connectivity index (χ1n) is 10.2. The Morgan fingerprint density at radius 2 is 1.94 bits per heavy atom. The second kappa shape index (κ2) is 7.36. The topological polar surface area (TPSA) is 179 Å². The molecule has 1 aromatic carbocycles. The zero-order chi connectivity index (χ0) is 22.6. The van der Waals surface area contributed by atoms with Crippen LogP contribution in [0.3, 0.4) is 0 Å². The van der Waals surface area contributed by atoms with Gasteiger partial charge >= 0.3 is 5.97 Å². The number of nitrogens with zero attached hydrogens (tertiary/aromatic N) is 3. The third-order valence-corrected chi connectivity index (χ3v) is 6.25. The van der Waals surface area contributed by atoms with Crippen LogP contribution in [0.2, 0.25) is 0 Å². The molecule has 1 aromatic rings. The normalized spacial score (nSPS) is 33.1. The average Bonchev–Trinajstić information content (AvgIpc) is 3.16. The van der Waals surface area contributed by atoms with Gasteiger partial charge in [0.1, 0.15) is 12.1 Å². The van der Waals surface area contributed by atoms with Crippen LogP contribution >= 0.6 is 0 Å². The molecule has 3 heterocycles. The maximum atomic E-state index is 12.9. The van der Waals surface area contributed by atoms with E-state index in [1.54, 1.807) is 24.3 Å². The van der Waals surface area contributed by atoms with E-state index in [-0.39, 0.29) is 17.5 Å². The van der Waals surface area contributed by atoms with E-state index in [1.807, 2.05) is 13.8 Å². The van der Waals surface area contributed by atoms with Crippen LogP contribution in [0.1, 0.15) is 35.7 Å². The van der Waals surface area contributed by atoms with Gasteiger partial charge in [-0.25, -0.2) is 14.8 Å². The molecule has 3 aliphatic heterocycles. The van der Waals surface area contributed by atoms with Crippen molar-refractivity contribution in [3.05, 3.63) is 35.4 Å². The van der Waals surface area contributed by atoms with Crippen molar-refractivity contribution in [1.82, 2.24) is 10.2 Å². The number of benzene rings is 1. The van der Waals surface area contributed by atoms with Crippen LogP contribution in [-0.4, -0.2) is 80.4 Å². The van der Waals surface area contributed by atoms with Crippen LogP contribution < -0.4 is 16.8 Å². The van der Waals surface area contributed by atoms with Crippen molar-refractivity contribution < 1.29 is 24.9 Å². The van der Waals surface area contributed by atoms with Gasteiger partial charge in [-0.3, -0.25) is 0 Å². The smallest absolute Gasteiger partial charge is 0.338 e. The Labute approximate surface area is 179 Å². The minimum absolute atomic E-state index is 0.0208. The molecular weight excluding hydrogens is 404 g/mol. The van der Waals surface area contributed by atoms with E-state index >= 15 is 0 Å². The Balaban J connectivity index is 1.78. The number of ether oxygens (including phenoxy) is 1. The number of nitrogens with two attached hydrogens (primary N) is 2. The molecule has 1 fully saturated rings. The lowest BCUT2D eigenvalue weighted by Gasteiger charge is -2.49. The summed E-state index contributed by atoms with van der Waals surface area (Å²) in [5.41, 5.74) is 11.6. The molecule has 0 radical (unpaired) electrons. The summed E-state index contributed by atoms with van der Waals surface area (Å²) in [6, 6.07) is 4.23. The zero-order valence-corrected chi connectivity index (χ0v) is 17.4. The number of esters is 1. The lowest BCUT2D eigenvalue weighted by molar-refractivity contribution is -0.257. The number of guanidine groups is 2. The molecule has 1 spiro atoms. The average molecular weight is 432 g/mol. The third-order valence-electron chi connectivity index (χ3n) is 6.25. The van der Waals surface area contributed by atoms with Gasteiger partial charge in [0, 0.05) is 0 Å². The lowest BCUT2D eigenvalue weighted by Crippen LogP contribution is -2.77. The molecule has 0 amide bonds. The largest absolute Gasteiger partial charge is 0.451 e. The number of nitrogens with one attached hydrogen (secondary N) is 1. The molecule has 8 N–H and O–H groups in total. The number of carbonyl (C=O) groups excluding carboxylic acids is 1. The Bertz CT molecular complexity index is 932. The Morgan fingerprint density at radius 1 is 1.26 bits per heavy atom. The number of aryl methyl sites for hydroxylation is 1. The first-order chi connectivity index (χ1) is 14.7. The minimum atomic E-state index is -2.64. The van der Waals surface area contributed by atoms with Crippen LogP contribution in [0, 0.1) is 6.92 Å². The van der Waals surface area contributed by atoms with Crippen molar-refractivity contribution in [3.63, 3.8) is 0 Å². The third kappa shape index (κ3) is 2.95. The van der Waals surface area contributed by atoms with Crippen molar-refractivity contribution in [1.29, 1.82) is 0 Å². The van der Waals surface area contributed by atoms with Crippen LogP contribution in [-0.2, 0) is 4.74 Å². The fourth-order valence-electron chi connectivity index (χ4n) is 4.88. The number of aliphatic imine (C=N–C) groups is 2. The van der Waals surface area contributed by atoms with E-state index < -0.39 is 48.3 Å². The summed E-state index contributed by atoms with van der Waals surface area (Å²) in [7, 11) is 0. The predicted octanol–water partition coefficient (Wildman–Crippen LogP) is -1.64. The molecular formula is C20H28N6O5. The number of carbonyl (C=O) groups is 1. The van der Waals surface area contributed by atoms with Crippen LogP contribution in [0.5, 0.6) is 0 Å². The summed E-state index contributed by atoms with van der Waals surface area (Å²) in [6.45, 7) is 3.38. The van der Waals surface area contributed by atoms with E-state index in [2.05, 4.69) is 15.3 Å². The molecule has 0 unspecified atom stereocenters. The van der Waals surface area contributed by atoms with Gasteiger partial charge in [0.2, 0.25) is 5.79 Å². The van der Waals surface area contributed by atoms with E-state index in [4.69, 9.17) is 16.2 Å². The van der Waals surface area contributed by atoms with Crippen molar-refractivity contribution in [3.8, 4) is 0 Å². The molecule has 168 valence electrons. The molecule has 0 aliphatic carbocycles. The number of hydrogen-bond acceptors (Lipinski definition) is 11. The fourth-order valence-corrected chi connectivity index (χ4v) is 4.88. The van der Waals surface area contributed by atoms with E-state index in [9.17, 15) is 20.1 Å². The molecule has 0 saturated carbocycles. The highest BCUT2D eigenvalue weighted by atomic mass is 16.6. The van der Waals surface area contributed by atoms with Crippen LogP contribution in [0.4, 0.5) is 0 Å². The Hall–Kier alpha value is -2.89. The summed E-state index contributed by atoms with van der Waals surface area (Å²) in [4.78, 5) is 22.9. The van der Waals surface area contributed by atoms with Crippen LogP contribution in [0.15, 0.2) is 34.3 Å². The van der Waals surface area contributed by atoms with E-state index in [1.165, 1.54) is 4.90 Å². The number of rotatable bonds is 5. The number of hydrogen-bond donors (Lipinski definition) is 6. The molecule has 3 aliphatic rings. The monoisotopic (exact) mass is 432 g/mol. The fraction of sp³-hybridized carbons (Fsp3) is 0.550. The van der Waals surface area contributed by atoms with E-state index in [0.717, 1.165) is 5.56 Å². The van der Waals surface area contributed by atoms with Gasteiger partial charge in [0.25, 0.3) is 0 Å². The summed E-state index contributed by atoms with van der Waals surface area (Å²) >= 11 is 0. The van der Waals surface area contributed by atoms with Gasteiger partial charge in [-0.1, -0.05) is 31.0 Å². The lowest BCUT2D eigenvalue weighted by atomic mass is 9.85. The predicted molar refractivity (Wildman–Crippen MR) is 112 cm³/mol. The van der Waals surface area contributed by atoms with Gasteiger partial charge in [0.15, 0.2) is 23.7 Å². The molecule has 0 bridgehead atoms. The van der Waals surface area contributed by atoms with Crippen molar-refractivity contribution in [2.24, 2.45) is 21.5 Å². The van der Waals surface area contributed by atoms with Crippen molar-refractivity contribution >= 4 is 17.9 Å². The van der Waals surface area contributed by atoms with Crippen molar-refractivity contribution in [2.75, 3.05) is 6.61 Å².